The van der Waals surface area contributed by atoms with E-state index >= 15 is 0 Å². The van der Waals surface area contributed by atoms with Crippen LogP contribution in [0.2, 0.25) is 0 Å². The second-order valence-corrected chi connectivity index (χ2v) is 8.35. The topological polar surface area (TPSA) is 79.7 Å². The predicted octanol–water partition coefficient (Wildman–Crippen LogP) is 4.33. The van der Waals surface area contributed by atoms with Gasteiger partial charge in [0.15, 0.2) is 6.10 Å². The van der Waals surface area contributed by atoms with Gasteiger partial charge >= 0.3 is 5.97 Å². The lowest BCUT2D eigenvalue weighted by molar-refractivity contribution is -0.142. The van der Waals surface area contributed by atoms with Gasteiger partial charge in [-0.25, -0.2) is 9.37 Å². The van der Waals surface area contributed by atoms with Crippen LogP contribution in [0.3, 0.4) is 0 Å². The second-order valence-electron chi connectivity index (χ2n) is 7.23. The molecule has 1 atom stereocenters. The number of carbonyl (C=O) groups excluding carboxylic acids is 1. The molecule has 1 aliphatic rings. The average Bonchev–Trinajstić information content (AvgIpc) is 3.05. The molecule has 0 aliphatic carbocycles. The SMILES string of the molecule is CC(C)c1ccc2c(c1)N(Cc1nc3cc(F)ccc3s1)C(=O)C(CC(=O)O)O2. The van der Waals surface area contributed by atoms with Crippen LogP contribution in [-0.2, 0) is 16.1 Å². The second kappa shape index (κ2) is 7.44. The van der Waals surface area contributed by atoms with Gasteiger partial charge in [0.25, 0.3) is 5.91 Å². The van der Waals surface area contributed by atoms with Gasteiger partial charge < -0.3 is 9.84 Å². The molecule has 0 spiro atoms. The maximum absolute atomic E-state index is 13.5. The van der Waals surface area contributed by atoms with Gasteiger partial charge in [0, 0.05) is 6.07 Å². The number of anilines is 1. The van der Waals surface area contributed by atoms with Crippen molar-refractivity contribution in [2.45, 2.75) is 38.8 Å². The number of carboxylic acid groups (broad SMARTS) is 1. The van der Waals surface area contributed by atoms with Crippen LogP contribution in [-0.4, -0.2) is 28.1 Å². The van der Waals surface area contributed by atoms with Crippen LogP contribution in [0.25, 0.3) is 10.2 Å². The molecule has 2 aromatic carbocycles. The van der Waals surface area contributed by atoms with Gasteiger partial charge in [0.1, 0.15) is 16.6 Å². The Bertz CT molecular complexity index is 1110. The summed E-state index contributed by atoms with van der Waals surface area (Å²) in [5.74, 6) is -1.19. The molecular weight excluding hydrogens is 395 g/mol. The summed E-state index contributed by atoms with van der Waals surface area (Å²) in [5.41, 5.74) is 2.16. The summed E-state index contributed by atoms with van der Waals surface area (Å²) in [6.45, 7) is 4.26. The van der Waals surface area contributed by atoms with E-state index in [0.29, 0.717) is 22.0 Å². The van der Waals surface area contributed by atoms with Gasteiger partial charge in [0.05, 0.1) is 28.9 Å². The smallest absolute Gasteiger partial charge is 0.307 e. The number of ether oxygens (including phenoxy) is 1. The van der Waals surface area contributed by atoms with Crippen LogP contribution in [0.5, 0.6) is 5.75 Å². The van der Waals surface area contributed by atoms with Crippen molar-refractivity contribution in [1.82, 2.24) is 4.98 Å². The molecule has 0 saturated carbocycles. The summed E-state index contributed by atoms with van der Waals surface area (Å²) >= 11 is 1.37. The van der Waals surface area contributed by atoms with Crippen LogP contribution in [0, 0.1) is 5.82 Å². The molecule has 1 N–H and O–H groups in total. The zero-order chi connectivity index (χ0) is 20.7. The van der Waals surface area contributed by atoms with E-state index < -0.39 is 24.4 Å². The van der Waals surface area contributed by atoms with Gasteiger partial charge in [-0.3, -0.25) is 14.5 Å². The van der Waals surface area contributed by atoms with Crippen LogP contribution in [0.4, 0.5) is 10.1 Å². The van der Waals surface area contributed by atoms with Crippen LogP contribution in [0.15, 0.2) is 36.4 Å². The van der Waals surface area contributed by atoms with Crippen molar-refractivity contribution in [1.29, 1.82) is 0 Å². The van der Waals surface area contributed by atoms with Crippen molar-refractivity contribution in [3.63, 3.8) is 0 Å². The molecule has 0 fully saturated rings. The molecule has 150 valence electrons. The summed E-state index contributed by atoms with van der Waals surface area (Å²) in [5, 5.41) is 9.78. The number of rotatable bonds is 5. The number of hydrogen-bond acceptors (Lipinski definition) is 5. The van der Waals surface area contributed by atoms with Gasteiger partial charge in [-0.05, 0) is 35.7 Å². The first-order valence-corrected chi connectivity index (χ1v) is 10.0. The van der Waals surface area contributed by atoms with Crippen molar-refractivity contribution in [3.8, 4) is 5.75 Å². The average molecular weight is 414 g/mol. The molecule has 1 amide bonds. The first-order valence-electron chi connectivity index (χ1n) is 9.20. The highest BCUT2D eigenvalue weighted by molar-refractivity contribution is 7.18. The van der Waals surface area contributed by atoms with Crippen molar-refractivity contribution in [3.05, 3.63) is 52.8 Å². The van der Waals surface area contributed by atoms with E-state index in [-0.39, 0.29) is 18.3 Å². The van der Waals surface area contributed by atoms with Crippen LogP contribution in [0.1, 0.15) is 36.8 Å². The minimum absolute atomic E-state index is 0.161. The number of nitrogens with zero attached hydrogens (tertiary/aromatic N) is 2. The molecule has 29 heavy (non-hydrogen) atoms. The molecule has 6 nitrogen and oxygen atoms in total. The molecule has 8 heteroatoms. The fourth-order valence-electron chi connectivity index (χ4n) is 3.30. The summed E-state index contributed by atoms with van der Waals surface area (Å²) in [6.07, 6.45) is -1.53. The Labute approximate surface area is 170 Å². The van der Waals surface area contributed by atoms with Gasteiger partial charge in [-0.2, -0.15) is 0 Å². The van der Waals surface area contributed by atoms with E-state index in [1.807, 2.05) is 26.0 Å². The monoisotopic (exact) mass is 414 g/mol. The van der Waals surface area contributed by atoms with E-state index in [9.17, 15) is 14.0 Å². The number of aromatic nitrogens is 1. The molecule has 0 radical (unpaired) electrons. The summed E-state index contributed by atoms with van der Waals surface area (Å²) in [6, 6.07) is 9.96. The minimum Gasteiger partial charge on any atom is -0.481 e. The Morgan fingerprint density at radius 1 is 1.31 bits per heavy atom. The van der Waals surface area contributed by atoms with Crippen molar-refractivity contribution < 1.29 is 23.8 Å². The van der Waals surface area contributed by atoms with Gasteiger partial charge in [-0.15, -0.1) is 11.3 Å². The lowest BCUT2D eigenvalue weighted by Crippen LogP contribution is -2.46. The molecule has 1 unspecified atom stereocenters. The first-order chi connectivity index (χ1) is 13.8. The molecule has 1 aromatic heterocycles. The van der Waals surface area contributed by atoms with Crippen molar-refractivity contribution >= 4 is 39.1 Å². The number of benzene rings is 2. The maximum atomic E-state index is 13.5. The quantitative estimate of drug-likeness (QED) is 0.672. The molecule has 0 saturated heterocycles. The van der Waals surface area contributed by atoms with E-state index in [4.69, 9.17) is 9.84 Å². The number of carbonyl (C=O) groups is 2. The lowest BCUT2D eigenvalue weighted by Gasteiger charge is -2.34. The van der Waals surface area contributed by atoms with Gasteiger partial charge in [0.2, 0.25) is 0 Å². The molecule has 1 aliphatic heterocycles. The van der Waals surface area contributed by atoms with E-state index in [0.717, 1.165) is 10.3 Å². The largest absolute Gasteiger partial charge is 0.481 e. The number of halogens is 1. The Kier molecular flexibility index (Phi) is 4.96. The number of carboxylic acids is 1. The highest BCUT2D eigenvalue weighted by atomic mass is 32.1. The number of hydrogen-bond donors (Lipinski definition) is 1. The molecule has 4 rings (SSSR count). The van der Waals surface area contributed by atoms with E-state index in [1.54, 1.807) is 12.1 Å². The summed E-state index contributed by atoms with van der Waals surface area (Å²) in [4.78, 5) is 30.2. The minimum atomic E-state index is -1.11. The lowest BCUT2D eigenvalue weighted by atomic mass is 10.0. The Morgan fingerprint density at radius 3 is 2.83 bits per heavy atom. The van der Waals surface area contributed by atoms with Crippen LogP contribution < -0.4 is 9.64 Å². The molecule has 3 aromatic rings. The Morgan fingerprint density at radius 2 is 2.10 bits per heavy atom. The van der Waals surface area contributed by atoms with Crippen molar-refractivity contribution in [2.75, 3.05) is 4.90 Å². The molecule has 2 heterocycles. The number of thiazole rings is 1. The highest BCUT2D eigenvalue weighted by Gasteiger charge is 2.36. The summed E-state index contributed by atoms with van der Waals surface area (Å²) < 4.78 is 20.0. The third-order valence-electron chi connectivity index (χ3n) is 4.80. The molecular formula is C21H19FN2O4S. The third-order valence-corrected chi connectivity index (χ3v) is 5.82. The third kappa shape index (κ3) is 3.80. The van der Waals surface area contributed by atoms with Crippen molar-refractivity contribution in [2.24, 2.45) is 0 Å². The van der Waals surface area contributed by atoms with Gasteiger partial charge in [-0.1, -0.05) is 19.9 Å². The van der Waals surface area contributed by atoms with E-state index in [2.05, 4.69) is 4.98 Å². The normalized spacial score (nSPS) is 16.2. The maximum Gasteiger partial charge on any atom is 0.307 e. The zero-order valence-corrected chi connectivity index (χ0v) is 16.7. The summed E-state index contributed by atoms with van der Waals surface area (Å²) in [7, 11) is 0. The Balaban J connectivity index is 1.74. The highest BCUT2D eigenvalue weighted by Crippen LogP contribution is 2.38. The number of fused-ring (bicyclic) bond motifs is 2. The Hall–Kier alpha value is -3.00. The van der Waals surface area contributed by atoms with Crippen LogP contribution >= 0.6 is 11.3 Å². The fraction of sp³-hybridized carbons (Fsp3) is 0.286. The first kappa shape index (κ1) is 19.3. The predicted molar refractivity (Wildman–Crippen MR) is 108 cm³/mol. The number of aliphatic carboxylic acids is 1. The standard InChI is InChI=1S/C21H19FN2O4S/c1-11(2)12-3-5-16-15(7-12)24(21(27)17(28-16)9-20(25)26)10-19-23-14-8-13(22)4-6-18(14)29-19/h3-8,11,17H,9-10H2,1-2H3,(H,25,26). The fourth-order valence-corrected chi connectivity index (χ4v) is 4.24. The number of amides is 1. The zero-order valence-electron chi connectivity index (χ0n) is 15.9. The molecule has 0 bridgehead atoms. The van der Waals surface area contributed by atoms with E-state index in [1.165, 1.54) is 28.4 Å².